The maximum Gasteiger partial charge on any atom is 0.338 e. The zero-order chi connectivity index (χ0) is 17.4. The van der Waals surface area contributed by atoms with E-state index >= 15 is 0 Å². The highest BCUT2D eigenvalue weighted by Crippen LogP contribution is 2.16. The third-order valence-electron chi connectivity index (χ3n) is 2.79. The fourth-order valence-corrected chi connectivity index (χ4v) is 1.65. The van der Waals surface area contributed by atoms with Crippen LogP contribution in [-0.2, 0) is 19.1 Å². The topological polar surface area (TPSA) is 99.1 Å². The monoisotopic (exact) mass is 322 g/mol. The molecule has 0 aliphatic heterocycles. The minimum atomic E-state index is -1.25. The Bertz CT molecular complexity index is 601. The Morgan fingerprint density at radius 2 is 1.83 bits per heavy atom. The van der Waals surface area contributed by atoms with Gasteiger partial charge in [0.05, 0.1) is 19.3 Å². The Hall–Kier alpha value is -2.83. The average Bonchev–Trinajstić information content (AvgIpc) is 2.52. The number of methoxy groups -OCH3 is 1. The van der Waals surface area contributed by atoms with Gasteiger partial charge in [-0.1, -0.05) is 0 Å². The van der Waals surface area contributed by atoms with Crippen LogP contribution in [-0.4, -0.2) is 36.5 Å². The van der Waals surface area contributed by atoms with Gasteiger partial charge in [0.15, 0.2) is 0 Å². The van der Waals surface area contributed by atoms with E-state index in [2.05, 4.69) is 4.74 Å². The van der Waals surface area contributed by atoms with Gasteiger partial charge >= 0.3 is 11.9 Å². The molecule has 0 heterocycles. The lowest BCUT2D eigenvalue weighted by atomic mass is 10.1. The van der Waals surface area contributed by atoms with E-state index in [9.17, 15) is 19.5 Å². The van der Waals surface area contributed by atoms with Crippen molar-refractivity contribution in [2.75, 3.05) is 13.7 Å². The first-order valence-electron chi connectivity index (χ1n) is 6.83. The molecular weight excluding hydrogens is 304 g/mol. The van der Waals surface area contributed by atoms with Crippen LogP contribution in [0.15, 0.2) is 36.3 Å². The van der Waals surface area contributed by atoms with E-state index in [-0.39, 0.29) is 12.4 Å². The molecule has 1 atom stereocenters. The summed E-state index contributed by atoms with van der Waals surface area (Å²) in [5.74, 6) is -3.42. The quantitative estimate of drug-likeness (QED) is 0.466. The fourth-order valence-electron chi connectivity index (χ4n) is 1.65. The highest BCUT2D eigenvalue weighted by Gasteiger charge is 2.23. The zero-order valence-electron chi connectivity index (χ0n) is 13.1. The van der Waals surface area contributed by atoms with Crippen LogP contribution in [0.5, 0.6) is 5.75 Å². The molecule has 1 aromatic rings. The number of ketones is 1. The van der Waals surface area contributed by atoms with Gasteiger partial charge in [-0.25, -0.2) is 4.79 Å². The molecule has 7 nitrogen and oxygen atoms in total. The summed E-state index contributed by atoms with van der Waals surface area (Å²) >= 11 is 0. The molecule has 0 radical (unpaired) electrons. The molecule has 124 valence electrons. The lowest BCUT2D eigenvalue weighted by molar-refractivity contribution is -0.147. The predicted molar refractivity (Wildman–Crippen MR) is 79.9 cm³/mol. The summed E-state index contributed by atoms with van der Waals surface area (Å²) in [7, 11) is 1.14. The van der Waals surface area contributed by atoms with Gasteiger partial charge in [-0.15, -0.1) is 0 Å². The summed E-state index contributed by atoms with van der Waals surface area (Å²) in [5.41, 5.74) is 0.332. The number of hydrogen-bond donors (Lipinski definition) is 1. The summed E-state index contributed by atoms with van der Waals surface area (Å²) in [6, 6.07) is 5.81. The highest BCUT2D eigenvalue weighted by molar-refractivity contribution is 5.99. The second-order valence-corrected chi connectivity index (χ2v) is 4.46. The molecule has 7 heteroatoms. The Morgan fingerprint density at radius 3 is 2.30 bits per heavy atom. The van der Waals surface area contributed by atoms with Crippen molar-refractivity contribution in [1.82, 2.24) is 0 Å². The second-order valence-electron chi connectivity index (χ2n) is 4.46. The number of esters is 2. The van der Waals surface area contributed by atoms with Crippen molar-refractivity contribution < 1.29 is 33.7 Å². The largest absolute Gasteiger partial charge is 0.481 e. The highest BCUT2D eigenvalue weighted by atomic mass is 16.6. The summed E-state index contributed by atoms with van der Waals surface area (Å²) in [4.78, 5) is 34.3. The smallest absolute Gasteiger partial charge is 0.338 e. The number of carbonyl (C=O) groups is 3. The van der Waals surface area contributed by atoms with Crippen LogP contribution >= 0.6 is 0 Å². The molecule has 0 saturated carbocycles. The van der Waals surface area contributed by atoms with Crippen molar-refractivity contribution in [3.8, 4) is 5.75 Å². The van der Waals surface area contributed by atoms with Crippen LogP contribution < -0.4 is 4.74 Å². The van der Waals surface area contributed by atoms with Crippen LogP contribution in [0.4, 0.5) is 0 Å². The first-order chi connectivity index (χ1) is 10.9. The minimum Gasteiger partial charge on any atom is -0.481 e. The number of Topliss-reactive ketones (excluding diaryl/α,β-unsaturated/α-hetero) is 1. The number of ether oxygens (including phenoxy) is 3. The van der Waals surface area contributed by atoms with Crippen LogP contribution in [0.1, 0.15) is 24.2 Å². The van der Waals surface area contributed by atoms with Gasteiger partial charge in [0.25, 0.3) is 5.95 Å². The summed E-state index contributed by atoms with van der Waals surface area (Å²) in [6.07, 6.45) is 0.952. The van der Waals surface area contributed by atoms with E-state index in [1.165, 1.54) is 31.2 Å². The molecule has 0 amide bonds. The summed E-state index contributed by atoms with van der Waals surface area (Å²) < 4.78 is 14.4. The third-order valence-corrected chi connectivity index (χ3v) is 2.79. The molecule has 23 heavy (non-hydrogen) atoms. The molecule has 0 aromatic heterocycles. The van der Waals surface area contributed by atoms with Gasteiger partial charge in [0, 0.05) is 6.08 Å². The number of benzene rings is 1. The van der Waals surface area contributed by atoms with Crippen molar-refractivity contribution in [2.45, 2.75) is 13.8 Å². The molecule has 0 saturated heterocycles. The van der Waals surface area contributed by atoms with E-state index in [1.54, 1.807) is 6.92 Å². The van der Waals surface area contributed by atoms with Gasteiger partial charge in [-0.2, -0.15) is 0 Å². The van der Waals surface area contributed by atoms with Crippen LogP contribution in [0.3, 0.4) is 0 Å². The van der Waals surface area contributed by atoms with E-state index in [0.29, 0.717) is 5.56 Å². The maximum absolute atomic E-state index is 11.5. The number of aliphatic hydroxyl groups is 1. The standard InChI is InChI=1S/C16H18O7/c1-4-22-15(19)11-5-7-12(8-6-11)23-14(18)9-13(10(2)17)16(20)21-3/h5-9,13,18H,4H2,1-3H3. The molecule has 0 fully saturated rings. The van der Waals surface area contributed by atoms with Crippen molar-refractivity contribution >= 4 is 17.7 Å². The molecule has 1 aromatic carbocycles. The SMILES string of the molecule is CCOC(=O)c1ccc(OC(O)=CC(C(C)=O)C(=O)OC)cc1. The van der Waals surface area contributed by atoms with Crippen molar-refractivity contribution in [1.29, 1.82) is 0 Å². The van der Waals surface area contributed by atoms with Crippen molar-refractivity contribution in [3.63, 3.8) is 0 Å². The van der Waals surface area contributed by atoms with Gasteiger partial charge in [0.1, 0.15) is 17.5 Å². The number of carbonyl (C=O) groups excluding carboxylic acids is 3. The van der Waals surface area contributed by atoms with Crippen LogP contribution in [0.25, 0.3) is 0 Å². The van der Waals surface area contributed by atoms with E-state index in [4.69, 9.17) is 9.47 Å². The molecule has 0 aliphatic rings. The van der Waals surface area contributed by atoms with Crippen molar-refractivity contribution in [2.24, 2.45) is 5.92 Å². The van der Waals surface area contributed by atoms with Gasteiger partial charge in [0.2, 0.25) is 0 Å². The van der Waals surface area contributed by atoms with Gasteiger partial charge in [-0.3, -0.25) is 9.59 Å². The summed E-state index contributed by atoms with van der Waals surface area (Å²) in [6.45, 7) is 3.16. The molecule has 0 bridgehead atoms. The molecule has 0 spiro atoms. The lowest BCUT2D eigenvalue weighted by Crippen LogP contribution is -2.22. The van der Waals surface area contributed by atoms with Crippen LogP contribution in [0.2, 0.25) is 0 Å². The predicted octanol–water partition coefficient (Wildman–Crippen LogP) is 2.02. The Kier molecular flexibility index (Phi) is 6.79. The fraction of sp³-hybridized carbons (Fsp3) is 0.312. The summed E-state index contributed by atoms with van der Waals surface area (Å²) in [5, 5.41) is 9.72. The molecule has 1 rings (SSSR count). The molecule has 1 N–H and O–H groups in total. The Labute approximate surface area is 133 Å². The Balaban J connectivity index is 2.82. The van der Waals surface area contributed by atoms with E-state index in [1.807, 2.05) is 0 Å². The molecular formula is C16H18O7. The number of aliphatic hydroxyl groups excluding tert-OH is 1. The number of hydrogen-bond acceptors (Lipinski definition) is 7. The third kappa shape index (κ3) is 5.46. The number of rotatable bonds is 7. The van der Waals surface area contributed by atoms with Crippen molar-refractivity contribution in [3.05, 3.63) is 41.9 Å². The average molecular weight is 322 g/mol. The van der Waals surface area contributed by atoms with E-state index in [0.717, 1.165) is 13.2 Å². The van der Waals surface area contributed by atoms with Gasteiger partial charge in [-0.05, 0) is 38.1 Å². The van der Waals surface area contributed by atoms with E-state index < -0.39 is 29.6 Å². The second kappa shape index (κ2) is 8.57. The maximum atomic E-state index is 11.5. The zero-order valence-corrected chi connectivity index (χ0v) is 13.1. The Morgan fingerprint density at radius 1 is 1.22 bits per heavy atom. The molecule has 1 unspecified atom stereocenters. The normalized spacial score (nSPS) is 12.2. The molecule has 0 aliphatic carbocycles. The lowest BCUT2D eigenvalue weighted by Gasteiger charge is -2.09. The first kappa shape index (κ1) is 18.2. The van der Waals surface area contributed by atoms with Gasteiger partial charge < -0.3 is 19.3 Å². The minimum absolute atomic E-state index is 0.221. The first-order valence-corrected chi connectivity index (χ1v) is 6.83. The van der Waals surface area contributed by atoms with Crippen LogP contribution in [0, 0.1) is 5.92 Å².